The second kappa shape index (κ2) is 10.2. The Balaban J connectivity index is 2.19. The number of carbonyl (C=O) groups excluding carboxylic acids is 1. The van der Waals surface area contributed by atoms with Gasteiger partial charge in [-0.3, -0.25) is 9.69 Å². The summed E-state index contributed by atoms with van der Waals surface area (Å²) in [5.41, 5.74) is -0.970. The molecule has 3 rings (SSSR count). The maximum atomic E-state index is 15.1. The molecule has 0 aliphatic rings. The van der Waals surface area contributed by atoms with Gasteiger partial charge in [0.1, 0.15) is 11.8 Å². The van der Waals surface area contributed by atoms with Crippen molar-refractivity contribution in [3.05, 3.63) is 95.3 Å². The molecule has 0 radical (unpaired) electrons. The minimum absolute atomic E-state index is 0.120. The van der Waals surface area contributed by atoms with Crippen LogP contribution in [0.3, 0.4) is 0 Å². The third-order valence-electron chi connectivity index (χ3n) is 5.16. The SMILES string of the molecule is CCC(C(=O)O)N(C(=O)C(Oc1ccccc1)c1ccccc1)c1cc(F)c(F)c(C)c1F. The van der Waals surface area contributed by atoms with Crippen LogP contribution in [0.15, 0.2) is 66.7 Å². The Morgan fingerprint density at radius 1 is 0.970 bits per heavy atom. The Morgan fingerprint density at radius 3 is 2.09 bits per heavy atom. The molecular weight excluding hydrogens is 435 g/mol. The number of para-hydroxylation sites is 1. The fraction of sp³-hybridized carbons (Fsp3) is 0.200. The van der Waals surface area contributed by atoms with E-state index in [9.17, 15) is 23.5 Å². The first-order valence-corrected chi connectivity index (χ1v) is 10.2. The minimum atomic E-state index is -1.55. The van der Waals surface area contributed by atoms with Crippen molar-refractivity contribution in [3.8, 4) is 5.75 Å². The highest BCUT2D eigenvalue weighted by molar-refractivity contribution is 6.02. The van der Waals surface area contributed by atoms with Crippen molar-refractivity contribution in [1.29, 1.82) is 0 Å². The molecule has 0 fully saturated rings. The molecule has 1 amide bonds. The van der Waals surface area contributed by atoms with Gasteiger partial charge < -0.3 is 9.84 Å². The summed E-state index contributed by atoms with van der Waals surface area (Å²) >= 11 is 0. The third-order valence-corrected chi connectivity index (χ3v) is 5.16. The van der Waals surface area contributed by atoms with Crippen molar-refractivity contribution in [2.45, 2.75) is 32.4 Å². The van der Waals surface area contributed by atoms with Crippen LogP contribution in [0, 0.1) is 24.4 Å². The normalized spacial score (nSPS) is 12.6. The maximum Gasteiger partial charge on any atom is 0.326 e. The average Bonchev–Trinajstić information content (AvgIpc) is 2.82. The summed E-state index contributed by atoms with van der Waals surface area (Å²) in [6.45, 7) is 2.50. The lowest BCUT2D eigenvalue weighted by Gasteiger charge is -2.32. The van der Waals surface area contributed by atoms with Gasteiger partial charge in [0.25, 0.3) is 5.91 Å². The highest BCUT2D eigenvalue weighted by atomic mass is 19.2. The van der Waals surface area contributed by atoms with Gasteiger partial charge in [0, 0.05) is 17.2 Å². The second-order valence-corrected chi connectivity index (χ2v) is 7.32. The smallest absolute Gasteiger partial charge is 0.326 e. The molecule has 3 aromatic carbocycles. The van der Waals surface area contributed by atoms with Crippen molar-refractivity contribution in [1.82, 2.24) is 0 Å². The molecule has 5 nitrogen and oxygen atoms in total. The summed E-state index contributed by atoms with van der Waals surface area (Å²) < 4.78 is 49.1. The van der Waals surface area contributed by atoms with E-state index in [0.717, 1.165) is 6.92 Å². The summed E-state index contributed by atoms with van der Waals surface area (Å²) in [7, 11) is 0. The zero-order valence-corrected chi connectivity index (χ0v) is 18.0. The van der Waals surface area contributed by atoms with E-state index in [1.807, 2.05) is 0 Å². The van der Waals surface area contributed by atoms with Crippen LogP contribution in [-0.2, 0) is 9.59 Å². The van der Waals surface area contributed by atoms with Crippen LogP contribution >= 0.6 is 0 Å². The number of halogens is 3. The van der Waals surface area contributed by atoms with Crippen LogP contribution in [0.25, 0.3) is 0 Å². The number of carboxylic acids is 1. The molecule has 8 heteroatoms. The van der Waals surface area contributed by atoms with Crippen molar-refractivity contribution < 1.29 is 32.6 Å². The molecule has 2 unspecified atom stereocenters. The van der Waals surface area contributed by atoms with Gasteiger partial charge in [-0.05, 0) is 25.5 Å². The summed E-state index contributed by atoms with van der Waals surface area (Å²) in [5.74, 6) is -6.10. The molecule has 0 spiro atoms. The predicted octanol–water partition coefficient (Wildman–Crippen LogP) is 5.43. The van der Waals surface area contributed by atoms with Gasteiger partial charge in [0.2, 0.25) is 6.10 Å². The van der Waals surface area contributed by atoms with Crippen LogP contribution in [0.2, 0.25) is 0 Å². The van der Waals surface area contributed by atoms with E-state index in [-0.39, 0.29) is 6.42 Å². The van der Waals surface area contributed by atoms with Gasteiger partial charge in [-0.15, -0.1) is 0 Å². The Kier molecular flexibility index (Phi) is 7.37. The number of amides is 1. The largest absolute Gasteiger partial charge is 0.480 e. The quantitative estimate of drug-likeness (QED) is 0.458. The predicted molar refractivity (Wildman–Crippen MR) is 117 cm³/mol. The fourth-order valence-electron chi connectivity index (χ4n) is 3.45. The van der Waals surface area contributed by atoms with Crippen molar-refractivity contribution in [2.75, 3.05) is 4.90 Å². The van der Waals surface area contributed by atoms with Crippen molar-refractivity contribution >= 4 is 17.6 Å². The second-order valence-electron chi connectivity index (χ2n) is 7.32. The first-order chi connectivity index (χ1) is 15.8. The highest BCUT2D eigenvalue weighted by Gasteiger charge is 2.38. The van der Waals surface area contributed by atoms with E-state index < -0.39 is 52.7 Å². The Hall–Kier alpha value is -3.81. The number of carbonyl (C=O) groups is 2. The summed E-state index contributed by atoms with van der Waals surface area (Å²) in [4.78, 5) is 26.4. The number of nitrogens with zero attached hydrogens (tertiary/aromatic N) is 1. The van der Waals surface area contributed by atoms with E-state index in [1.165, 1.54) is 6.92 Å². The van der Waals surface area contributed by atoms with Crippen molar-refractivity contribution in [2.24, 2.45) is 0 Å². The minimum Gasteiger partial charge on any atom is -0.480 e. The van der Waals surface area contributed by atoms with E-state index >= 15 is 4.39 Å². The van der Waals surface area contributed by atoms with Crippen LogP contribution in [-0.4, -0.2) is 23.0 Å². The third kappa shape index (κ3) is 5.00. The van der Waals surface area contributed by atoms with E-state index in [0.29, 0.717) is 22.3 Å². The first kappa shape index (κ1) is 23.8. The van der Waals surface area contributed by atoms with E-state index in [4.69, 9.17) is 4.74 Å². The van der Waals surface area contributed by atoms with Crippen LogP contribution in [0.4, 0.5) is 18.9 Å². The molecule has 1 N–H and O–H groups in total. The molecule has 2 atom stereocenters. The lowest BCUT2D eigenvalue weighted by molar-refractivity contribution is -0.141. The zero-order chi connectivity index (χ0) is 24.1. The molecule has 0 saturated carbocycles. The number of benzene rings is 3. The van der Waals surface area contributed by atoms with E-state index in [2.05, 4.69) is 0 Å². The average molecular weight is 457 g/mol. The first-order valence-electron chi connectivity index (χ1n) is 10.2. The van der Waals surface area contributed by atoms with Gasteiger partial charge in [-0.1, -0.05) is 55.5 Å². The van der Waals surface area contributed by atoms with Gasteiger partial charge in [-0.2, -0.15) is 0 Å². The monoisotopic (exact) mass is 457 g/mol. The molecule has 0 saturated heterocycles. The molecule has 0 aliphatic heterocycles. The fourth-order valence-corrected chi connectivity index (χ4v) is 3.45. The molecular formula is C25H22F3NO4. The molecule has 0 heterocycles. The van der Waals surface area contributed by atoms with Gasteiger partial charge in [-0.25, -0.2) is 18.0 Å². The summed E-state index contributed by atoms with van der Waals surface area (Å²) in [6.07, 6.45) is -1.50. The Labute approximate surface area is 189 Å². The van der Waals surface area contributed by atoms with Crippen LogP contribution in [0.5, 0.6) is 5.75 Å². The zero-order valence-electron chi connectivity index (χ0n) is 18.0. The molecule has 33 heavy (non-hydrogen) atoms. The molecule has 0 aliphatic carbocycles. The standard InChI is InChI=1S/C25H22F3NO4/c1-3-19(25(31)32)29(20-14-18(26)21(27)15(2)22(20)28)24(30)23(16-10-6-4-7-11-16)33-17-12-8-5-9-13-17/h4-14,19,23H,3H2,1-2H3,(H,31,32). The van der Waals surface area contributed by atoms with Gasteiger partial charge >= 0.3 is 5.97 Å². The number of anilines is 1. The van der Waals surface area contributed by atoms with Gasteiger partial charge in [0.15, 0.2) is 17.5 Å². The molecule has 172 valence electrons. The van der Waals surface area contributed by atoms with E-state index in [1.54, 1.807) is 60.7 Å². The summed E-state index contributed by atoms with van der Waals surface area (Å²) in [6, 6.07) is 15.5. The lowest BCUT2D eigenvalue weighted by Crippen LogP contribution is -2.48. The number of rotatable bonds is 8. The topological polar surface area (TPSA) is 66.8 Å². The highest BCUT2D eigenvalue weighted by Crippen LogP contribution is 2.33. The van der Waals surface area contributed by atoms with Gasteiger partial charge in [0.05, 0.1) is 5.69 Å². The van der Waals surface area contributed by atoms with Crippen molar-refractivity contribution in [3.63, 3.8) is 0 Å². The number of ether oxygens (including phenoxy) is 1. The molecule has 3 aromatic rings. The number of aliphatic carboxylic acids is 1. The van der Waals surface area contributed by atoms with Crippen LogP contribution < -0.4 is 9.64 Å². The number of hydrogen-bond acceptors (Lipinski definition) is 3. The molecule has 0 aromatic heterocycles. The van der Waals surface area contributed by atoms with Crippen LogP contribution in [0.1, 0.15) is 30.6 Å². The number of carboxylic acid groups (broad SMARTS) is 1. The Bertz CT molecular complexity index is 1140. The Morgan fingerprint density at radius 2 is 1.55 bits per heavy atom. The summed E-state index contributed by atoms with van der Waals surface area (Å²) in [5, 5.41) is 9.76. The maximum absolute atomic E-state index is 15.1. The number of hydrogen-bond donors (Lipinski definition) is 1. The lowest BCUT2D eigenvalue weighted by atomic mass is 10.0. The molecule has 0 bridgehead atoms.